The zero-order valence-electron chi connectivity index (χ0n) is 6.37. The number of rotatable bonds is 2. The number of hydrogen-bond donors (Lipinski definition) is 1. The summed E-state index contributed by atoms with van der Waals surface area (Å²) in [6.45, 7) is -0.235. The molecule has 6 heteroatoms. The number of aliphatic hydroxyl groups excluding tert-OH is 1. The Morgan fingerprint density at radius 1 is 1.38 bits per heavy atom. The van der Waals surface area contributed by atoms with Gasteiger partial charge in [-0.05, 0) is 17.7 Å². The molecule has 0 saturated heterocycles. The highest BCUT2D eigenvalue weighted by molar-refractivity contribution is 8.13. The fourth-order valence-corrected chi connectivity index (χ4v) is 1.89. The minimum Gasteiger partial charge on any atom is -0.392 e. The van der Waals surface area contributed by atoms with Crippen LogP contribution in [0.4, 0.5) is 0 Å². The molecule has 3 nitrogen and oxygen atoms in total. The summed E-state index contributed by atoms with van der Waals surface area (Å²) in [5, 5.41) is 8.93. The van der Waals surface area contributed by atoms with Crippen LogP contribution in [-0.2, 0) is 15.7 Å². The van der Waals surface area contributed by atoms with Crippen molar-refractivity contribution in [2.24, 2.45) is 0 Å². The van der Waals surface area contributed by atoms with Gasteiger partial charge in [0.05, 0.1) is 11.5 Å². The van der Waals surface area contributed by atoms with Crippen LogP contribution in [0.3, 0.4) is 0 Å². The van der Waals surface area contributed by atoms with E-state index in [1.165, 1.54) is 18.2 Å². The van der Waals surface area contributed by atoms with Gasteiger partial charge in [0.15, 0.2) is 0 Å². The minimum atomic E-state index is -3.74. The predicted molar refractivity (Wildman–Crippen MR) is 50.4 cm³/mol. The van der Waals surface area contributed by atoms with Gasteiger partial charge in [0.25, 0.3) is 9.05 Å². The van der Waals surface area contributed by atoms with Crippen LogP contribution in [0.25, 0.3) is 0 Å². The van der Waals surface area contributed by atoms with Gasteiger partial charge < -0.3 is 5.11 Å². The van der Waals surface area contributed by atoms with Gasteiger partial charge in [-0.15, -0.1) is 0 Å². The Balaban J connectivity index is 3.26. The summed E-state index contributed by atoms with van der Waals surface area (Å²) in [4.78, 5) is -0.0728. The Morgan fingerprint density at radius 3 is 2.38 bits per heavy atom. The van der Waals surface area contributed by atoms with Crippen LogP contribution in [-0.4, -0.2) is 13.5 Å². The Bertz CT molecular complexity index is 414. The largest absolute Gasteiger partial charge is 0.392 e. The molecule has 72 valence electrons. The second-order valence-electron chi connectivity index (χ2n) is 2.35. The molecule has 0 aliphatic rings. The number of aliphatic hydroxyl groups is 1. The van der Waals surface area contributed by atoms with Crippen LogP contribution in [0.2, 0.25) is 5.02 Å². The van der Waals surface area contributed by atoms with Crippen molar-refractivity contribution < 1.29 is 13.5 Å². The third-order valence-electron chi connectivity index (χ3n) is 1.48. The summed E-state index contributed by atoms with van der Waals surface area (Å²) in [7, 11) is 1.33. The van der Waals surface area contributed by atoms with Crippen LogP contribution >= 0.6 is 22.3 Å². The Hall–Kier alpha value is -0.290. The van der Waals surface area contributed by atoms with E-state index >= 15 is 0 Å². The first kappa shape index (κ1) is 10.8. The average molecular weight is 241 g/mol. The first-order chi connectivity index (χ1) is 5.95. The molecular formula is C7H6Cl2O3S. The summed E-state index contributed by atoms with van der Waals surface area (Å²) < 4.78 is 21.7. The maximum Gasteiger partial charge on any atom is 0.261 e. The lowest BCUT2D eigenvalue weighted by molar-refractivity contribution is 0.282. The molecule has 0 aliphatic heterocycles. The van der Waals surface area contributed by atoms with Crippen LogP contribution in [0.5, 0.6) is 0 Å². The highest BCUT2D eigenvalue weighted by Gasteiger charge is 2.11. The van der Waals surface area contributed by atoms with E-state index in [2.05, 4.69) is 0 Å². The molecule has 0 atom stereocenters. The van der Waals surface area contributed by atoms with Gasteiger partial charge in [-0.2, -0.15) is 0 Å². The molecule has 1 N–H and O–H groups in total. The number of benzene rings is 1. The van der Waals surface area contributed by atoms with E-state index in [1.807, 2.05) is 0 Å². The van der Waals surface area contributed by atoms with E-state index in [-0.39, 0.29) is 16.5 Å². The third kappa shape index (κ3) is 2.57. The van der Waals surface area contributed by atoms with E-state index in [0.29, 0.717) is 5.56 Å². The molecule has 13 heavy (non-hydrogen) atoms. The van der Waals surface area contributed by atoms with Gasteiger partial charge in [-0.25, -0.2) is 8.42 Å². The molecule has 1 aromatic rings. The first-order valence-electron chi connectivity index (χ1n) is 3.29. The molecule has 1 aromatic carbocycles. The van der Waals surface area contributed by atoms with Crippen LogP contribution in [0.15, 0.2) is 23.1 Å². The standard InChI is InChI=1S/C7H6Cl2O3S/c8-7-3-6(13(9,11)12)2-1-5(7)4-10/h1-3,10H,4H2. The van der Waals surface area contributed by atoms with Crippen molar-refractivity contribution in [3.63, 3.8) is 0 Å². The van der Waals surface area contributed by atoms with Crippen molar-refractivity contribution in [3.05, 3.63) is 28.8 Å². The van der Waals surface area contributed by atoms with Gasteiger partial charge in [0, 0.05) is 15.7 Å². The fraction of sp³-hybridized carbons (Fsp3) is 0.143. The summed E-state index contributed by atoms with van der Waals surface area (Å²) in [5.41, 5.74) is 0.464. The zero-order chi connectivity index (χ0) is 10.1. The highest BCUT2D eigenvalue weighted by atomic mass is 35.7. The predicted octanol–water partition coefficient (Wildman–Crippen LogP) is 1.76. The monoisotopic (exact) mass is 240 g/mol. The molecule has 0 heterocycles. The Labute approximate surface area is 85.3 Å². The summed E-state index contributed by atoms with van der Waals surface area (Å²) >= 11 is 5.65. The maximum atomic E-state index is 10.8. The van der Waals surface area contributed by atoms with Crippen LogP contribution < -0.4 is 0 Å². The quantitative estimate of drug-likeness (QED) is 0.802. The lowest BCUT2D eigenvalue weighted by atomic mass is 10.2. The molecule has 0 amide bonds. The van der Waals surface area contributed by atoms with E-state index in [1.54, 1.807) is 0 Å². The first-order valence-corrected chi connectivity index (χ1v) is 5.98. The van der Waals surface area contributed by atoms with E-state index < -0.39 is 9.05 Å². The van der Waals surface area contributed by atoms with Gasteiger partial charge in [0.2, 0.25) is 0 Å². The van der Waals surface area contributed by atoms with Gasteiger partial charge >= 0.3 is 0 Å². The topological polar surface area (TPSA) is 54.4 Å². The second kappa shape index (κ2) is 3.84. The lowest BCUT2D eigenvalue weighted by Gasteiger charge is -2.01. The molecule has 0 unspecified atom stereocenters. The minimum absolute atomic E-state index is 0.0728. The number of hydrogen-bond acceptors (Lipinski definition) is 3. The Kier molecular flexibility index (Phi) is 3.18. The van der Waals surface area contributed by atoms with E-state index in [0.717, 1.165) is 0 Å². The summed E-state index contributed by atoms with van der Waals surface area (Å²) in [6, 6.07) is 3.91. The molecule has 0 radical (unpaired) electrons. The van der Waals surface area contributed by atoms with E-state index in [9.17, 15) is 8.42 Å². The van der Waals surface area contributed by atoms with E-state index in [4.69, 9.17) is 27.4 Å². The highest BCUT2D eigenvalue weighted by Crippen LogP contribution is 2.22. The maximum absolute atomic E-state index is 10.8. The van der Waals surface area contributed by atoms with Crippen molar-refractivity contribution in [2.75, 3.05) is 0 Å². The van der Waals surface area contributed by atoms with Crippen LogP contribution in [0, 0.1) is 0 Å². The fourth-order valence-electron chi connectivity index (χ4n) is 0.808. The number of halogens is 2. The molecule has 0 spiro atoms. The molecule has 0 aromatic heterocycles. The van der Waals surface area contributed by atoms with Gasteiger partial charge in [-0.3, -0.25) is 0 Å². The smallest absolute Gasteiger partial charge is 0.261 e. The molecule has 0 saturated carbocycles. The zero-order valence-corrected chi connectivity index (χ0v) is 8.70. The summed E-state index contributed by atoms with van der Waals surface area (Å²) in [5.74, 6) is 0. The van der Waals surface area contributed by atoms with Gasteiger partial charge in [-0.1, -0.05) is 17.7 Å². The van der Waals surface area contributed by atoms with Crippen molar-refractivity contribution in [1.29, 1.82) is 0 Å². The van der Waals surface area contributed by atoms with Crippen molar-refractivity contribution >= 4 is 31.3 Å². The average Bonchev–Trinajstić information content (AvgIpc) is 2.02. The molecular weight excluding hydrogens is 235 g/mol. The molecule has 1 rings (SSSR count). The Morgan fingerprint density at radius 2 is 2.00 bits per heavy atom. The normalized spacial score (nSPS) is 11.6. The molecule has 0 fully saturated rings. The van der Waals surface area contributed by atoms with Crippen molar-refractivity contribution in [3.8, 4) is 0 Å². The summed E-state index contributed by atoms with van der Waals surface area (Å²) in [6.07, 6.45) is 0. The second-order valence-corrected chi connectivity index (χ2v) is 5.32. The SMILES string of the molecule is O=S(=O)(Cl)c1ccc(CO)c(Cl)c1. The van der Waals surface area contributed by atoms with Crippen LogP contribution in [0.1, 0.15) is 5.56 Å². The third-order valence-corrected chi connectivity index (χ3v) is 3.18. The lowest BCUT2D eigenvalue weighted by Crippen LogP contribution is -1.92. The molecule has 0 bridgehead atoms. The van der Waals surface area contributed by atoms with Crippen molar-refractivity contribution in [1.82, 2.24) is 0 Å². The van der Waals surface area contributed by atoms with Gasteiger partial charge in [0.1, 0.15) is 0 Å². The van der Waals surface area contributed by atoms with Crippen molar-refractivity contribution in [2.45, 2.75) is 11.5 Å². The molecule has 0 aliphatic carbocycles.